The van der Waals surface area contributed by atoms with E-state index in [9.17, 15) is 4.39 Å². The van der Waals surface area contributed by atoms with Gasteiger partial charge in [-0.2, -0.15) is 0 Å². The molecule has 1 atom stereocenters. The molecule has 0 heterocycles. The van der Waals surface area contributed by atoms with Gasteiger partial charge >= 0.3 is 0 Å². The molecular formula is C10H13FIN. The molecule has 0 saturated heterocycles. The summed E-state index contributed by atoms with van der Waals surface area (Å²) in [6.45, 7) is 2.05. The zero-order valence-electron chi connectivity index (χ0n) is 7.56. The lowest BCUT2D eigenvalue weighted by Crippen LogP contribution is -2.13. The van der Waals surface area contributed by atoms with E-state index in [1.165, 1.54) is 6.07 Å². The third-order valence-electron chi connectivity index (χ3n) is 1.97. The summed E-state index contributed by atoms with van der Waals surface area (Å²) in [4.78, 5) is 0. The van der Waals surface area contributed by atoms with Crippen LogP contribution in [0.1, 0.15) is 31.4 Å². The van der Waals surface area contributed by atoms with Crippen LogP contribution in [-0.4, -0.2) is 0 Å². The first-order valence-corrected chi connectivity index (χ1v) is 5.44. The largest absolute Gasteiger partial charge is 0.324 e. The van der Waals surface area contributed by atoms with Crippen LogP contribution in [-0.2, 0) is 0 Å². The highest BCUT2D eigenvalue weighted by atomic mass is 127. The highest BCUT2D eigenvalue weighted by Gasteiger charge is 2.13. The normalized spacial score (nSPS) is 12.9. The summed E-state index contributed by atoms with van der Waals surface area (Å²) in [5.41, 5.74) is 6.52. The maximum atomic E-state index is 13.3. The molecule has 0 bridgehead atoms. The average molecular weight is 293 g/mol. The fourth-order valence-corrected chi connectivity index (χ4v) is 2.19. The van der Waals surface area contributed by atoms with E-state index in [-0.39, 0.29) is 11.9 Å². The quantitative estimate of drug-likeness (QED) is 0.851. The van der Waals surface area contributed by atoms with Crippen LogP contribution in [0.5, 0.6) is 0 Å². The van der Waals surface area contributed by atoms with Gasteiger partial charge in [0.25, 0.3) is 0 Å². The van der Waals surface area contributed by atoms with Gasteiger partial charge in [-0.25, -0.2) is 4.39 Å². The van der Waals surface area contributed by atoms with Gasteiger partial charge in [0.1, 0.15) is 5.82 Å². The SMILES string of the molecule is CCC[C@H](N)c1c(F)cccc1I. The van der Waals surface area contributed by atoms with Crippen molar-refractivity contribution >= 4 is 22.6 Å². The van der Waals surface area contributed by atoms with Crippen molar-refractivity contribution in [3.63, 3.8) is 0 Å². The Morgan fingerprint density at radius 3 is 2.77 bits per heavy atom. The van der Waals surface area contributed by atoms with E-state index >= 15 is 0 Å². The molecule has 1 aromatic rings. The van der Waals surface area contributed by atoms with Crippen LogP contribution in [0.15, 0.2) is 18.2 Å². The van der Waals surface area contributed by atoms with Gasteiger partial charge < -0.3 is 5.73 Å². The lowest BCUT2D eigenvalue weighted by atomic mass is 10.0. The van der Waals surface area contributed by atoms with Gasteiger partial charge in [0.15, 0.2) is 0 Å². The van der Waals surface area contributed by atoms with E-state index in [1.807, 2.05) is 13.0 Å². The van der Waals surface area contributed by atoms with Crippen molar-refractivity contribution < 1.29 is 4.39 Å². The van der Waals surface area contributed by atoms with Gasteiger partial charge in [-0.3, -0.25) is 0 Å². The van der Waals surface area contributed by atoms with Crippen LogP contribution in [0.4, 0.5) is 4.39 Å². The second kappa shape index (κ2) is 4.91. The van der Waals surface area contributed by atoms with E-state index < -0.39 is 0 Å². The molecular weight excluding hydrogens is 280 g/mol. The first-order valence-electron chi connectivity index (χ1n) is 4.36. The molecule has 2 N–H and O–H groups in total. The van der Waals surface area contributed by atoms with Crippen LogP contribution >= 0.6 is 22.6 Å². The molecule has 0 fully saturated rings. The summed E-state index contributed by atoms with van der Waals surface area (Å²) < 4.78 is 14.3. The van der Waals surface area contributed by atoms with Gasteiger partial charge in [-0.15, -0.1) is 0 Å². The Kier molecular flexibility index (Phi) is 4.12. The van der Waals surface area contributed by atoms with Crippen molar-refractivity contribution in [2.24, 2.45) is 5.73 Å². The Hall–Kier alpha value is -0.160. The molecule has 1 rings (SSSR count). The lowest BCUT2D eigenvalue weighted by Gasteiger charge is -2.13. The average Bonchev–Trinajstić information content (AvgIpc) is 2.04. The summed E-state index contributed by atoms with van der Waals surface area (Å²) in [6.07, 6.45) is 1.81. The topological polar surface area (TPSA) is 26.0 Å². The van der Waals surface area contributed by atoms with Crippen LogP contribution in [0, 0.1) is 9.39 Å². The number of rotatable bonds is 3. The molecule has 0 saturated carbocycles. The van der Waals surface area contributed by atoms with Crippen molar-refractivity contribution in [3.8, 4) is 0 Å². The third kappa shape index (κ3) is 2.64. The molecule has 0 aliphatic rings. The molecule has 0 spiro atoms. The molecule has 1 nitrogen and oxygen atoms in total. The molecule has 0 aliphatic carbocycles. The summed E-state index contributed by atoms with van der Waals surface area (Å²) in [7, 11) is 0. The number of nitrogens with two attached hydrogens (primary N) is 1. The van der Waals surface area contributed by atoms with Gasteiger partial charge in [0.05, 0.1) is 0 Å². The fourth-order valence-electron chi connectivity index (χ4n) is 1.32. The Morgan fingerprint density at radius 2 is 2.23 bits per heavy atom. The lowest BCUT2D eigenvalue weighted by molar-refractivity contribution is 0.557. The molecule has 0 amide bonds. The molecule has 0 unspecified atom stereocenters. The number of hydrogen-bond acceptors (Lipinski definition) is 1. The minimum absolute atomic E-state index is 0.168. The third-order valence-corrected chi connectivity index (χ3v) is 2.91. The molecule has 3 heteroatoms. The van der Waals surface area contributed by atoms with Crippen molar-refractivity contribution in [3.05, 3.63) is 33.1 Å². The van der Waals surface area contributed by atoms with Crippen LogP contribution < -0.4 is 5.73 Å². The maximum Gasteiger partial charge on any atom is 0.129 e. The van der Waals surface area contributed by atoms with Crippen LogP contribution in [0.2, 0.25) is 0 Å². The number of hydrogen-bond donors (Lipinski definition) is 1. The minimum Gasteiger partial charge on any atom is -0.324 e. The van der Waals surface area contributed by atoms with E-state index in [0.29, 0.717) is 5.56 Å². The Balaban J connectivity index is 2.98. The van der Waals surface area contributed by atoms with Crippen LogP contribution in [0.25, 0.3) is 0 Å². The van der Waals surface area contributed by atoms with Gasteiger partial charge in [0, 0.05) is 15.2 Å². The van der Waals surface area contributed by atoms with Gasteiger partial charge in [0.2, 0.25) is 0 Å². The second-order valence-electron chi connectivity index (χ2n) is 3.03. The van der Waals surface area contributed by atoms with Crippen molar-refractivity contribution in [2.75, 3.05) is 0 Å². The first-order chi connectivity index (χ1) is 6.16. The highest BCUT2D eigenvalue weighted by Crippen LogP contribution is 2.24. The summed E-state index contributed by atoms with van der Waals surface area (Å²) >= 11 is 2.12. The predicted octanol–water partition coefficient (Wildman–Crippen LogP) is 3.23. The molecule has 72 valence electrons. The standard InChI is InChI=1S/C10H13FIN/c1-2-4-9(13)10-7(11)5-3-6-8(10)12/h3,5-6,9H,2,4,13H2,1H3/t9-/m0/s1. The van der Waals surface area contributed by atoms with E-state index in [0.717, 1.165) is 16.4 Å². The monoisotopic (exact) mass is 293 g/mol. The van der Waals surface area contributed by atoms with Crippen LogP contribution in [0.3, 0.4) is 0 Å². The molecule has 0 aliphatic heterocycles. The molecule has 0 radical (unpaired) electrons. The van der Waals surface area contributed by atoms with Crippen molar-refractivity contribution in [1.29, 1.82) is 0 Å². The zero-order chi connectivity index (χ0) is 9.84. The van der Waals surface area contributed by atoms with Crippen molar-refractivity contribution in [1.82, 2.24) is 0 Å². The summed E-state index contributed by atoms with van der Waals surface area (Å²) in [5, 5.41) is 0. The minimum atomic E-state index is -0.187. The van der Waals surface area contributed by atoms with E-state index in [2.05, 4.69) is 22.6 Å². The van der Waals surface area contributed by atoms with Gasteiger partial charge in [-0.1, -0.05) is 19.4 Å². The smallest absolute Gasteiger partial charge is 0.129 e. The zero-order valence-corrected chi connectivity index (χ0v) is 9.71. The fraction of sp³-hybridized carbons (Fsp3) is 0.400. The van der Waals surface area contributed by atoms with Crippen molar-refractivity contribution in [2.45, 2.75) is 25.8 Å². The molecule has 13 heavy (non-hydrogen) atoms. The Bertz CT molecular complexity index is 268. The highest BCUT2D eigenvalue weighted by molar-refractivity contribution is 14.1. The predicted molar refractivity (Wildman–Crippen MR) is 61.0 cm³/mol. The number of benzene rings is 1. The maximum absolute atomic E-state index is 13.3. The first kappa shape index (κ1) is 10.9. The second-order valence-corrected chi connectivity index (χ2v) is 4.19. The summed E-state index contributed by atoms with van der Waals surface area (Å²) in [6, 6.07) is 4.89. The molecule has 0 aromatic heterocycles. The van der Waals surface area contributed by atoms with E-state index in [1.54, 1.807) is 6.07 Å². The summed E-state index contributed by atoms with van der Waals surface area (Å²) in [5.74, 6) is -0.187. The number of halogens is 2. The van der Waals surface area contributed by atoms with Gasteiger partial charge in [-0.05, 0) is 41.1 Å². The van der Waals surface area contributed by atoms with E-state index in [4.69, 9.17) is 5.73 Å². The Morgan fingerprint density at radius 1 is 1.54 bits per heavy atom. The molecule has 1 aromatic carbocycles. The Labute approximate surface area is 91.7 Å².